The molecule has 0 saturated heterocycles. The topological polar surface area (TPSA) is 66.4 Å². The SMILES string of the molecule is CCCS(=O)(=O)CC(O)CNCC. The van der Waals surface area contributed by atoms with Gasteiger partial charge in [0.2, 0.25) is 0 Å². The molecule has 0 heterocycles. The Labute approximate surface area is 80.3 Å². The Kier molecular flexibility index (Phi) is 6.28. The van der Waals surface area contributed by atoms with Gasteiger partial charge in [0, 0.05) is 6.54 Å². The van der Waals surface area contributed by atoms with E-state index < -0.39 is 15.9 Å². The summed E-state index contributed by atoms with van der Waals surface area (Å²) in [6.07, 6.45) is -0.174. The van der Waals surface area contributed by atoms with Gasteiger partial charge in [0.05, 0.1) is 17.6 Å². The molecule has 1 atom stereocenters. The second-order valence-electron chi connectivity index (χ2n) is 3.08. The maximum atomic E-state index is 11.2. The first kappa shape index (κ1) is 12.9. The number of aliphatic hydroxyl groups excluding tert-OH is 1. The average Bonchev–Trinajstić information content (AvgIpc) is 1.99. The smallest absolute Gasteiger partial charge is 0.152 e. The van der Waals surface area contributed by atoms with Crippen LogP contribution in [0.15, 0.2) is 0 Å². The lowest BCUT2D eigenvalue weighted by atomic mass is 10.4. The average molecular weight is 209 g/mol. The number of likely N-dealkylation sites (N-methyl/N-ethyl adjacent to an activating group) is 1. The summed E-state index contributed by atoms with van der Waals surface area (Å²) in [4.78, 5) is 0. The Morgan fingerprint density at radius 1 is 1.38 bits per heavy atom. The highest BCUT2D eigenvalue weighted by molar-refractivity contribution is 7.91. The van der Waals surface area contributed by atoms with Crippen molar-refractivity contribution in [1.29, 1.82) is 0 Å². The van der Waals surface area contributed by atoms with Crippen LogP contribution in [0.4, 0.5) is 0 Å². The molecule has 0 aromatic carbocycles. The van der Waals surface area contributed by atoms with Crippen molar-refractivity contribution in [2.45, 2.75) is 26.4 Å². The minimum atomic E-state index is -3.05. The second kappa shape index (κ2) is 6.34. The van der Waals surface area contributed by atoms with Crippen molar-refractivity contribution >= 4 is 9.84 Å². The lowest BCUT2D eigenvalue weighted by molar-refractivity contribution is 0.194. The van der Waals surface area contributed by atoms with Gasteiger partial charge in [-0.2, -0.15) is 0 Å². The third kappa shape index (κ3) is 6.98. The van der Waals surface area contributed by atoms with Gasteiger partial charge in [-0.3, -0.25) is 0 Å². The molecule has 0 saturated carbocycles. The van der Waals surface area contributed by atoms with E-state index in [1.807, 2.05) is 13.8 Å². The van der Waals surface area contributed by atoms with Crippen LogP contribution in [0.1, 0.15) is 20.3 Å². The molecule has 0 aromatic rings. The predicted molar refractivity (Wildman–Crippen MR) is 53.5 cm³/mol. The molecule has 2 N–H and O–H groups in total. The van der Waals surface area contributed by atoms with Crippen molar-refractivity contribution in [3.05, 3.63) is 0 Å². The molecule has 0 radical (unpaired) electrons. The zero-order valence-electron chi connectivity index (χ0n) is 8.28. The summed E-state index contributed by atoms with van der Waals surface area (Å²) in [6, 6.07) is 0. The molecular formula is C8H19NO3S. The van der Waals surface area contributed by atoms with Gasteiger partial charge in [-0.1, -0.05) is 13.8 Å². The number of sulfone groups is 1. The Bertz CT molecular complexity index is 213. The van der Waals surface area contributed by atoms with Crippen molar-refractivity contribution in [2.24, 2.45) is 0 Å². The van der Waals surface area contributed by atoms with E-state index in [4.69, 9.17) is 0 Å². The van der Waals surface area contributed by atoms with Crippen LogP contribution in [0.25, 0.3) is 0 Å². The summed E-state index contributed by atoms with van der Waals surface area (Å²) in [6.45, 7) is 4.81. The first-order chi connectivity index (χ1) is 6.02. The molecule has 0 fully saturated rings. The maximum absolute atomic E-state index is 11.2. The molecule has 0 aliphatic heterocycles. The lowest BCUT2D eigenvalue weighted by Gasteiger charge is -2.10. The molecule has 0 bridgehead atoms. The molecule has 0 aliphatic carbocycles. The highest BCUT2D eigenvalue weighted by Gasteiger charge is 2.15. The maximum Gasteiger partial charge on any atom is 0.152 e. The largest absolute Gasteiger partial charge is 0.391 e. The zero-order valence-corrected chi connectivity index (χ0v) is 9.10. The normalized spacial score (nSPS) is 14.4. The predicted octanol–water partition coefficient (Wildman–Crippen LogP) is -0.218. The Balaban J connectivity index is 3.82. The highest BCUT2D eigenvalue weighted by Crippen LogP contribution is 1.96. The van der Waals surface area contributed by atoms with Crippen LogP contribution in [0, 0.1) is 0 Å². The van der Waals surface area contributed by atoms with Crippen LogP contribution in [0.3, 0.4) is 0 Å². The second-order valence-corrected chi connectivity index (χ2v) is 5.30. The quantitative estimate of drug-likeness (QED) is 0.608. The first-order valence-electron chi connectivity index (χ1n) is 4.61. The molecule has 0 aliphatic rings. The summed E-state index contributed by atoms with van der Waals surface area (Å²) in [5.41, 5.74) is 0. The number of aliphatic hydroxyl groups is 1. The molecule has 80 valence electrons. The third-order valence-electron chi connectivity index (χ3n) is 1.59. The number of rotatable bonds is 7. The van der Waals surface area contributed by atoms with E-state index in [1.165, 1.54) is 0 Å². The number of hydrogen-bond donors (Lipinski definition) is 2. The van der Waals surface area contributed by atoms with E-state index in [9.17, 15) is 13.5 Å². The van der Waals surface area contributed by atoms with Crippen molar-refractivity contribution in [1.82, 2.24) is 5.32 Å². The standard InChI is InChI=1S/C8H19NO3S/c1-3-5-13(11,12)7-8(10)6-9-4-2/h8-10H,3-7H2,1-2H3. The van der Waals surface area contributed by atoms with Crippen LogP contribution in [0.5, 0.6) is 0 Å². The van der Waals surface area contributed by atoms with Gasteiger partial charge in [-0.15, -0.1) is 0 Å². The van der Waals surface area contributed by atoms with Crippen molar-refractivity contribution in [2.75, 3.05) is 24.6 Å². The molecule has 4 nitrogen and oxygen atoms in total. The molecule has 0 aromatic heterocycles. The molecule has 5 heteroatoms. The fourth-order valence-electron chi connectivity index (χ4n) is 1.06. The van der Waals surface area contributed by atoms with Crippen LogP contribution in [-0.2, 0) is 9.84 Å². The van der Waals surface area contributed by atoms with Gasteiger partial charge >= 0.3 is 0 Å². The van der Waals surface area contributed by atoms with E-state index in [2.05, 4.69) is 5.32 Å². The fraction of sp³-hybridized carbons (Fsp3) is 1.00. The van der Waals surface area contributed by atoms with E-state index >= 15 is 0 Å². The molecule has 0 spiro atoms. The van der Waals surface area contributed by atoms with Crippen molar-refractivity contribution in [3.8, 4) is 0 Å². The summed E-state index contributed by atoms with van der Waals surface area (Å²) in [5, 5.41) is 12.2. The van der Waals surface area contributed by atoms with E-state index in [1.54, 1.807) is 0 Å². The molecule has 13 heavy (non-hydrogen) atoms. The van der Waals surface area contributed by atoms with E-state index in [0.717, 1.165) is 6.54 Å². The van der Waals surface area contributed by atoms with Gasteiger partial charge in [0.1, 0.15) is 0 Å². The minimum Gasteiger partial charge on any atom is -0.391 e. The molecule has 0 amide bonds. The van der Waals surface area contributed by atoms with Gasteiger partial charge in [-0.25, -0.2) is 8.42 Å². The monoisotopic (exact) mass is 209 g/mol. The van der Waals surface area contributed by atoms with Crippen molar-refractivity contribution < 1.29 is 13.5 Å². The lowest BCUT2D eigenvalue weighted by Crippen LogP contribution is -2.33. The van der Waals surface area contributed by atoms with Gasteiger partial charge in [0.15, 0.2) is 9.84 Å². The summed E-state index contributed by atoms with van der Waals surface area (Å²) in [5.74, 6) is 0.0318. The number of hydrogen-bond acceptors (Lipinski definition) is 4. The Morgan fingerprint density at radius 3 is 2.46 bits per heavy atom. The molecular weight excluding hydrogens is 190 g/mol. The van der Waals surface area contributed by atoms with Crippen LogP contribution >= 0.6 is 0 Å². The van der Waals surface area contributed by atoms with Crippen LogP contribution in [-0.4, -0.2) is 44.2 Å². The molecule has 1 unspecified atom stereocenters. The summed E-state index contributed by atoms with van der Waals surface area (Å²) >= 11 is 0. The Morgan fingerprint density at radius 2 is 2.00 bits per heavy atom. The van der Waals surface area contributed by atoms with Crippen LogP contribution < -0.4 is 5.32 Å². The van der Waals surface area contributed by atoms with Gasteiger partial charge < -0.3 is 10.4 Å². The fourth-order valence-corrected chi connectivity index (χ4v) is 2.55. The van der Waals surface area contributed by atoms with Gasteiger partial charge in [-0.05, 0) is 13.0 Å². The third-order valence-corrected chi connectivity index (χ3v) is 3.51. The Hall–Kier alpha value is -0.130. The molecule has 0 rings (SSSR count). The number of nitrogens with one attached hydrogen (secondary N) is 1. The van der Waals surface area contributed by atoms with Crippen molar-refractivity contribution in [3.63, 3.8) is 0 Å². The first-order valence-corrected chi connectivity index (χ1v) is 6.43. The minimum absolute atomic E-state index is 0.131. The van der Waals surface area contributed by atoms with Gasteiger partial charge in [0.25, 0.3) is 0 Å². The summed E-state index contributed by atoms with van der Waals surface area (Å²) < 4.78 is 22.4. The van der Waals surface area contributed by atoms with E-state index in [-0.39, 0.29) is 11.5 Å². The van der Waals surface area contributed by atoms with Crippen LogP contribution in [0.2, 0.25) is 0 Å². The zero-order chi connectivity index (χ0) is 10.3. The summed E-state index contributed by atoms with van der Waals surface area (Å²) in [7, 11) is -3.05. The van der Waals surface area contributed by atoms with E-state index in [0.29, 0.717) is 13.0 Å². The highest BCUT2D eigenvalue weighted by atomic mass is 32.2.